The second kappa shape index (κ2) is 4.41. The summed E-state index contributed by atoms with van der Waals surface area (Å²) in [7, 11) is 0. The standard InChI is InChI=1S/C17H24O3/c1-12-4-6-16-5-2-3-13(14(18)11-12)15(16)17(8-7-16)19-9-10-20-17/h4,13,15H,2-3,5-11H2,1H3. The highest BCUT2D eigenvalue weighted by molar-refractivity contribution is 5.84. The first-order valence-corrected chi connectivity index (χ1v) is 8.12. The van der Waals surface area contributed by atoms with Gasteiger partial charge in [0.2, 0.25) is 0 Å². The number of hydrogen-bond donors (Lipinski definition) is 0. The Morgan fingerprint density at radius 1 is 1.20 bits per heavy atom. The summed E-state index contributed by atoms with van der Waals surface area (Å²) >= 11 is 0. The van der Waals surface area contributed by atoms with Crippen molar-refractivity contribution >= 4 is 5.78 Å². The summed E-state index contributed by atoms with van der Waals surface area (Å²) in [5.41, 5.74) is 1.51. The van der Waals surface area contributed by atoms with Gasteiger partial charge < -0.3 is 9.47 Å². The molecule has 0 N–H and O–H groups in total. The highest BCUT2D eigenvalue weighted by atomic mass is 16.7. The number of allylic oxidation sites excluding steroid dienone is 2. The smallest absolute Gasteiger partial charge is 0.172 e. The molecule has 1 heterocycles. The maximum absolute atomic E-state index is 12.7. The zero-order valence-corrected chi connectivity index (χ0v) is 12.3. The maximum atomic E-state index is 12.7. The van der Waals surface area contributed by atoms with Crippen LogP contribution < -0.4 is 0 Å². The normalized spacial score (nSPS) is 43.0. The van der Waals surface area contributed by atoms with Gasteiger partial charge in [0, 0.05) is 24.7 Å². The van der Waals surface area contributed by atoms with Crippen molar-refractivity contribution in [3.05, 3.63) is 11.6 Å². The van der Waals surface area contributed by atoms with Gasteiger partial charge in [-0.15, -0.1) is 0 Å². The molecule has 1 spiro atoms. The average Bonchev–Trinajstić information content (AvgIpc) is 3.03. The number of ketones is 1. The van der Waals surface area contributed by atoms with Crippen molar-refractivity contribution in [1.29, 1.82) is 0 Å². The van der Waals surface area contributed by atoms with Gasteiger partial charge in [-0.1, -0.05) is 18.1 Å². The quantitative estimate of drug-likeness (QED) is 0.637. The van der Waals surface area contributed by atoms with E-state index < -0.39 is 5.79 Å². The molecule has 1 saturated heterocycles. The van der Waals surface area contributed by atoms with E-state index in [0.717, 1.165) is 25.7 Å². The Morgan fingerprint density at radius 2 is 2.00 bits per heavy atom. The van der Waals surface area contributed by atoms with Gasteiger partial charge in [-0.2, -0.15) is 0 Å². The Balaban J connectivity index is 1.80. The Hall–Kier alpha value is -0.670. The topological polar surface area (TPSA) is 35.5 Å². The van der Waals surface area contributed by atoms with Gasteiger partial charge in [0.1, 0.15) is 5.78 Å². The molecule has 3 heteroatoms. The van der Waals surface area contributed by atoms with E-state index in [0.29, 0.717) is 31.3 Å². The molecule has 3 unspecified atom stereocenters. The highest BCUT2D eigenvalue weighted by Crippen LogP contribution is 2.63. The van der Waals surface area contributed by atoms with Crippen LogP contribution in [0.4, 0.5) is 0 Å². The molecule has 1 aliphatic heterocycles. The van der Waals surface area contributed by atoms with Crippen molar-refractivity contribution in [2.45, 2.75) is 57.7 Å². The molecule has 0 aromatic heterocycles. The summed E-state index contributed by atoms with van der Waals surface area (Å²) in [5.74, 6) is 0.448. The van der Waals surface area contributed by atoms with E-state index in [4.69, 9.17) is 9.47 Å². The number of ether oxygens (including phenoxy) is 2. The van der Waals surface area contributed by atoms with E-state index in [1.165, 1.54) is 18.4 Å². The molecule has 20 heavy (non-hydrogen) atoms. The molecule has 2 bridgehead atoms. The molecule has 3 atom stereocenters. The molecular weight excluding hydrogens is 252 g/mol. The predicted molar refractivity (Wildman–Crippen MR) is 75.1 cm³/mol. The summed E-state index contributed by atoms with van der Waals surface area (Å²) in [6.07, 6.45) is 9.66. The molecule has 0 aromatic rings. The zero-order valence-electron chi connectivity index (χ0n) is 12.3. The third-order valence-electron chi connectivity index (χ3n) is 6.20. The largest absolute Gasteiger partial charge is 0.347 e. The number of carbonyl (C=O) groups excluding carboxylic acids is 1. The molecule has 2 saturated carbocycles. The molecule has 3 fully saturated rings. The van der Waals surface area contributed by atoms with Gasteiger partial charge >= 0.3 is 0 Å². The van der Waals surface area contributed by atoms with Crippen LogP contribution in [0, 0.1) is 17.3 Å². The first-order valence-electron chi connectivity index (χ1n) is 8.12. The lowest BCUT2D eigenvalue weighted by molar-refractivity contribution is -0.214. The average molecular weight is 276 g/mol. The third kappa shape index (κ3) is 1.69. The molecule has 4 aliphatic rings. The molecule has 0 amide bonds. The van der Waals surface area contributed by atoms with Crippen LogP contribution in [0.3, 0.4) is 0 Å². The van der Waals surface area contributed by atoms with E-state index >= 15 is 0 Å². The number of rotatable bonds is 0. The van der Waals surface area contributed by atoms with E-state index in [1.54, 1.807) is 0 Å². The summed E-state index contributed by atoms with van der Waals surface area (Å²) < 4.78 is 12.2. The van der Waals surface area contributed by atoms with Gasteiger partial charge in [-0.3, -0.25) is 4.79 Å². The molecule has 3 nitrogen and oxygen atoms in total. The van der Waals surface area contributed by atoms with Crippen LogP contribution in [-0.2, 0) is 14.3 Å². The van der Waals surface area contributed by atoms with Crippen LogP contribution in [0.15, 0.2) is 11.6 Å². The highest BCUT2D eigenvalue weighted by Gasteiger charge is 2.64. The number of Topliss-reactive ketones (excluding diaryl/α,β-unsaturated/α-hetero) is 1. The summed E-state index contributed by atoms with van der Waals surface area (Å²) in [4.78, 5) is 12.7. The zero-order chi connectivity index (χ0) is 13.8. The van der Waals surface area contributed by atoms with Crippen LogP contribution in [-0.4, -0.2) is 24.8 Å². The second-order valence-electron chi connectivity index (χ2n) is 7.25. The van der Waals surface area contributed by atoms with Crippen LogP contribution in [0.25, 0.3) is 0 Å². The van der Waals surface area contributed by atoms with Crippen LogP contribution in [0.1, 0.15) is 51.9 Å². The lowest BCUT2D eigenvalue weighted by Gasteiger charge is -2.48. The molecule has 110 valence electrons. The lowest BCUT2D eigenvalue weighted by atomic mass is 9.58. The van der Waals surface area contributed by atoms with Gasteiger partial charge in [0.25, 0.3) is 0 Å². The molecule has 0 aromatic carbocycles. The van der Waals surface area contributed by atoms with Crippen molar-refractivity contribution in [2.75, 3.05) is 13.2 Å². The molecular formula is C17H24O3. The van der Waals surface area contributed by atoms with Gasteiger partial charge in [-0.25, -0.2) is 0 Å². The van der Waals surface area contributed by atoms with E-state index in [-0.39, 0.29) is 11.3 Å². The van der Waals surface area contributed by atoms with Crippen molar-refractivity contribution in [2.24, 2.45) is 17.3 Å². The van der Waals surface area contributed by atoms with Crippen LogP contribution in [0.2, 0.25) is 0 Å². The first kappa shape index (κ1) is 13.0. The van der Waals surface area contributed by atoms with E-state index in [9.17, 15) is 4.79 Å². The second-order valence-corrected chi connectivity index (χ2v) is 7.25. The van der Waals surface area contributed by atoms with Crippen LogP contribution in [0.5, 0.6) is 0 Å². The molecule has 3 aliphatic carbocycles. The third-order valence-corrected chi connectivity index (χ3v) is 6.20. The van der Waals surface area contributed by atoms with Crippen molar-refractivity contribution in [1.82, 2.24) is 0 Å². The van der Waals surface area contributed by atoms with Crippen molar-refractivity contribution < 1.29 is 14.3 Å². The van der Waals surface area contributed by atoms with Gasteiger partial charge in [0.15, 0.2) is 5.79 Å². The van der Waals surface area contributed by atoms with Crippen molar-refractivity contribution in [3.63, 3.8) is 0 Å². The minimum Gasteiger partial charge on any atom is -0.347 e. The fraction of sp³-hybridized carbons (Fsp3) is 0.824. The lowest BCUT2D eigenvalue weighted by Crippen LogP contribution is -2.50. The van der Waals surface area contributed by atoms with Crippen LogP contribution >= 0.6 is 0 Å². The van der Waals surface area contributed by atoms with Gasteiger partial charge in [0.05, 0.1) is 13.2 Å². The van der Waals surface area contributed by atoms with Crippen molar-refractivity contribution in [3.8, 4) is 0 Å². The molecule has 4 rings (SSSR count). The number of hydrogen-bond acceptors (Lipinski definition) is 3. The minimum absolute atomic E-state index is 0.160. The first-order chi connectivity index (χ1) is 9.65. The Morgan fingerprint density at radius 3 is 2.80 bits per heavy atom. The fourth-order valence-electron chi connectivity index (χ4n) is 5.38. The van der Waals surface area contributed by atoms with E-state index in [2.05, 4.69) is 13.0 Å². The fourth-order valence-corrected chi connectivity index (χ4v) is 5.38. The Kier molecular flexibility index (Phi) is 2.87. The Labute approximate surface area is 120 Å². The Bertz CT molecular complexity index is 461. The van der Waals surface area contributed by atoms with E-state index in [1.807, 2.05) is 0 Å². The predicted octanol–water partition coefficient (Wildman–Crippen LogP) is 3.24. The SMILES string of the molecule is CC1=CCC23CCCC(C(=O)C1)C2C1(CC3)OCCO1. The van der Waals surface area contributed by atoms with Gasteiger partial charge in [-0.05, 0) is 38.0 Å². The molecule has 0 radical (unpaired) electrons. The summed E-state index contributed by atoms with van der Waals surface area (Å²) in [6, 6.07) is 0. The maximum Gasteiger partial charge on any atom is 0.172 e. The summed E-state index contributed by atoms with van der Waals surface area (Å²) in [5, 5.41) is 0. The summed E-state index contributed by atoms with van der Waals surface area (Å²) in [6.45, 7) is 3.50. The number of carbonyl (C=O) groups is 1. The monoisotopic (exact) mass is 276 g/mol. The minimum atomic E-state index is -0.431.